The van der Waals surface area contributed by atoms with Gasteiger partial charge in [0.1, 0.15) is 0 Å². The minimum atomic E-state index is 0.333. The van der Waals surface area contributed by atoms with E-state index >= 15 is 0 Å². The van der Waals surface area contributed by atoms with Gasteiger partial charge < -0.3 is 5.11 Å². The minimum absolute atomic E-state index is 0.333. The first kappa shape index (κ1) is 7.55. The normalized spacial score (nSPS) is 16.9. The van der Waals surface area contributed by atoms with E-state index in [1.165, 1.54) is 6.42 Å². The SMILES string of the molecule is OCCCCC1C=CC=C1. The molecule has 0 aromatic heterocycles. The first-order chi connectivity index (χ1) is 4.93. The largest absolute Gasteiger partial charge is 0.396 e. The fourth-order valence-corrected chi connectivity index (χ4v) is 1.16. The van der Waals surface area contributed by atoms with Crippen LogP contribution in [0.25, 0.3) is 0 Å². The van der Waals surface area contributed by atoms with Crippen LogP contribution in [-0.2, 0) is 0 Å². The molecular formula is C9H14O. The third kappa shape index (κ3) is 2.36. The van der Waals surface area contributed by atoms with Crippen LogP contribution in [0, 0.1) is 5.92 Å². The van der Waals surface area contributed by atoms with Gasteiger partial charge in [0, 0.05) is 6.61 Å². The van der Waals surface area contributed by atoms with Crippen molar-refractivity contribution in [1.82, 2.24) is 0 Å². The minimum Gasteiger partial charge on any atom is -0.396 e. The van der Waals surface area contributed by atoms with E-state index in [0.717, 1.165) is 12.8 Å². The number of aliphatic hydroxyl groups is 1. The van der Waals surface area contributed by atoms with Crippen LogP contribution in [0.1, 0.15) is 19.3 Å². The summed E-state index contributed by atoms with van der Waals surface area (Å²) in [5.41, 5.74) is 0. The standard InChI is InChI=1S/C9H14O/c10-8-4-3-7-9-5-1-2-6-9/h1-2,5-6,9-10H,3-4,7-8H2. The summed E-state index contributed by atoms with van der Waals surface area (Å²) in [6.45, 7) is 0.333. The van der Waals surface area contributed by atoms with Gasteiger partial charge in [0.25, 0.3) is 0 Å². The first-order valence-corrected chi connectivity index (χ1v) is 3.89. The molecule has 0 atom stereocenters. The van der Waals surface area contributed by atoms with Gasteiger partial charge in [0.05, 0.1) is 0 Å². The van der Waals surface area contributed by atoms with Crippen molar-refractivity contribution in [1.29, 1.82) is 0 Å². The van der Waals surface area contributed by atoms with Gasteiger partial charge in [-0.15, -0.1) is 0 Å². The lowest BCUT2D eigenvalue weighted by Crippen LogP contribution is -1.90. The Bertz CT molecular complexity index is 124. The molecule has 0 unspecified atom stereocenters. The summed E-state index contributed by atoms with van der Waals surface area (Å²) < 4.78 is 0. The molecule has 1 rings (SSSR count). The van der Waals surface area contributed by atoms with Crippen molar-refractivity contribution in [3.63, 3.8) is 0 Å². The molecule has 1 aliphatic carbocycles. The van der Waals surface area contributed by atoms with Crippen LogP contribution in [-0.4, -0.2) is 11.7 Å². The maximum absolute atomic E-state index is 8.50. The average molecular weight is 138 g/mol. The monoisotopic (exact) mass is 138 g/mol. The Hall–Kier alpha value is -0.560. The predicted octanol–water partition coefficient (Wildman–Crippen LogP) is 1.89. The van der Waals surface area contributed by atoms with Crippen LogP contribution in [0.3, 0.4) is 0 Å². The molecular weight excluding hydrogens is 124 g/mol. The summed E-state index contributed by atoms with van der Waals surface area (Å²) in [6.07, 6.45) is 11.9. The molecule has 0 spiro atoms. The predicted molar refractivity (Wildman–Crippen MR) is 42.7 cm³/mol. The lowest BCUT2D eigenvalue weighted by molar-refractivity contribution is 0.282. The summed E-state index contributed by atoms with van der Waals surface area (Å²) in [7, 11) is 0. The Labute approximate surface area is 62.1 Å². The highest BCUT2D eigenvalue weighted by Gasteiger charge is 2.01. The molecule has 10 heavy (non-hydrogen) atoms. The number of unbranched alkanes of at least 4 members (excludes halogenated alkanes) is 1. The second-order valence-corrected chi connectivity index (χ2v) is 2.65. The summed E-state index contributed by atoms with van der Waals surface area (Å²) in [4.78, 5) is 0. The summed E-state index contributed by atoms with van der Waals surface area (Å²) in [6, 6.07) is 0. The van der Waals surface area contributed by atoms with Gasteiger partial charge in [-0.3, -0.25) is 0 Å². The molecule has 0 saturated heterocycles. The topological polar surface area (TPSA) is 20.2 Å². The van der Waals surface area contributed by atoms with Crippen LogP contribution < -0.4 is 0 Å². The third-order valence-electron chi connectivity index (χ3n) is 1.77. The summed E-state index contributed by atoms with van der Waals surface area (Å²) in [5, 5.41) is 8.50. The molecule has 0 saturated carbocycles. The van der Waals surface area contributed by atoms with Crippen LogP contribution in [0.2, 0.25) is 0 Å². The highest BCUT2D eigenvalue weighted by atomic mass is 16.2. The van der Waals surface area contributed by atoms with Crippen LogP contribution in [0.15, 0.2) is 24.3 Å². The Kier molecular flexibility index (Phi) is 3.23. The van der Waals surface area contributed by atoms with Gasteiger partial charge in [-0.25, -0.2) is 0 Å². The molecule has 0 fully saturated rings. The number of allylic oxidation sites excluding steroid dienone is 4. The van der Waals surface area contributed by atoms with Crippen molar-refractivity contribution in [3.05, 3.63) is 24.3 Å². The Morgan fingerprint density at radius 1 is 1.10 bits per heavy atom. The average Bonchev–Trinajstić information content (AvgIpc) is 2.41. The maximum Gasteiger partial charge on any atom is 0.0431 e. The molecule has 0 aromatic rings. The Balaban J connectivity index is 2.03. The van der Waals surface area contributed by atoms with E-state index in [9.17, 15) is 0 Å². The number of rotatable bonds is 4. The van der Waals surface area contributed by atoms with Crippen LogP contribution in [0.4, 0.5) is 0 Å². The smallest absolute Gasteiger partial charge is 0.0431 e. The summed E-state index contributed by atoms with van der Waals surface area (Å²) >= 11 is 0. The Morgan fingerprint density at radius 2 is 1.80 bits per heavy atom. The molecule has 1 N–H and O–H groups in total. The zero-order chi connectivity index (χ0) is 7.23. The second kappa shape index (κ2) is 4.29. The van der Waals surface area contributed by atoms with Gasteiger partial charge in [-0.05, 0) is 18.8 Å². The van der Waals surface area contributed by atoms with Crippen molar-refractivity contribution < 1.29 is 5.11 Å². The van der Waals surface area contributed by atoms with Crippen molar-refractivity contribution in [2.45, 2.75) is 19.3 Å². The first-order valence-electron chi connectivity index (χ1n) is 3.89. The van der Waals surface area contributed by atoms with Crippen molar-refractivity contribution >= 4 is 0 Å². The highest BCUT2D eigenvalue weighted by molar-refractivity contribution is 5.17. The molecule has 56 valence electrons. The fraction of sp³-hybridized carbons (Fsp3) is 0.556. The molecule has 0 aliphatic heterocycles. The van der Waals surface area contributed by atoms with E-state index in [1.807, 2.05) is 0 Å². The van der Waals surface area contributed by atoms with Gasteiger partial charge >= 0.3 is 0 Å². The summed E-state index contributed by atoms with van der Waals surface area (Å²) in [5.74, 6) is 0.645. The van der Waals surface area contributed by atoms with Gasteiger partial charge in [-0.1, -0.05) is 30.7 Å². The second-order valence-electron chi connectivity index (χ2n) is 2.65. The zero-order valence-electron chi connectivity index (χ0n) is 6.16. The maximum atomic E-state index is 8.50. The van der Waals surface area contributed by atoms with E-state index in [0.29, 0.717) is 12.5 Å². The van der Waals surface area contributed by atoms with Crippen molar-refractivity contribution in [2.24, 2.45) is 5.92 Å². The fourth-order valence-electron chi connectivity index (χ4n) is 1.16. The number of hydrogen-bond acceptors (Lipinski definition) is 1. The van der Waals surface area contributed by atoms with E-state index in [1.54, 1.807) is 0 Å². The highest BCUT2D eigenvalue weighted by Crippen LogP contribution is 2.15. The number of hydrogen-bond donors (Lipinski definition) is 1. The van der Waals surface area contributed by atoms with Gasteiger partial charge in [0.2, 0.25) is 0 Å². The van der Waals surface area contributed by atoms with E-state index in [-0.39, 0.29) is 0 Å². The number of aliphatic hydroxyl groups excluding tert-OH is 1. The van der Waals surface area contributed by atoms with Crippen LogP contribution >= 0.6 is 0 Å². The van der Waals surface area contributed by atoms with Crippen molar-refractivity contribution in [3.8, 4) is 0 Å². The molecule has 0 bridgehead atoms. The van der Waals surface area contributed by atoms with Gasteiger partial charge in [0.15, 0.2) is 0 Å². The molecule has 1 aliphatic rings. The van der Waals surface area contributed by atoms with E-state index in [2.05, 4.69) is 24.3 Å². The molecule has 0 amide bonds. The van der Waals surface area contributed by atoms with E-state index in [4.69, 9.17) is 5.11 Å². The molecule has 1 nitrogen and oxygen atoms in total. The lowest BCUT2D eigenvalue weighted by Gasteiger charge is -2.02. The van der Waals surface area contributed by atoms with E-state index < -0.39 is 0 Å². The quantitative estimate of drug-likeness (QED) is 0.588. The molecule has 0 heterocycles. The molecule has 1 heteroatoms. The van der Waals surface area contributed by atoms with Gasteiger partial charge in [-0.2, -0.15) is 0 Å². The van der Waals surface area contributed by atoms with Crippen molar-refractivity contribution in [2.75, 3.05) is 6.61 Å². The lowest BCUT2D eigenvalue weighted by atomic mass is 10.0. The van der Waals surface area contributed by atoms with Crippen LogP contribution in [0.5, 0.6) is 0 Å². The third-order valence-corrected chi connectivity index (χ3v) is 1.77. The molecule has 0 aromatic carbocycles. The Morgan fingerprint density at radius 3 is 2.40 bits per heavy atom. The zero-order valence-corrected chi connectivity index (χ0v) is 6.16. The molecule has 0 radical (unpaired) electrons.